The van der Waals surface area contributed by atoms with Crippen LogP contribution in [-0.2, 0) is 4.79 Å². The molecule has 1 saturated heterocycles. The van der Waals surface area contributed by atoms with Crippen molar-refractivity contribution >= 4 is 5.91 Å². The van der Waals surface area contributed by atoms with Crippen LogP contribution in [0.3, 0.4) is 0 Å². The molecule has 5 N–H and O–H groups in total. The molecule has 1 heterocycles. The van der Waals surface area contributed by atoms with E-state index < -0.39 is 0 Å². The zero-order valence-corrected chi connectivity index (χ0v) is 20.2. The molecule has 1 aliphatic heterocycles. The van der Waals surface area contributed by atoms with Gasteiger partial charge in [-0.1, -0.05) is 46.0 Å². The zero-order chi connectivity index (χ0) is 21.9. The lowest BCUT2D eigenvalue weighted by atomic mass is 9.74. The molecule has 5 nitrogen and oxygen atoms in total. The van der Waals surface area contributed by atoms with E-state index in [9.17, 15) is 4.79 Å². The van der Waals surface area contributed by atoms with Crippen LogP contribution in [0, 0.1) is 29.6 Å². The molecule has 0 aromatic carbocycles. The van der Waals surface area contributed by atoms with E-state index in [1.807, 2.05) is 0 Å². The number of carbonyl (C=O) groups is 1. The first-order chi connectivity index (χ1) is 14.5. The zero-order valence-electron chi connectivity index (χ0n) is 20.2. The molecule has 0 aromatic heterocycles. The molecule has 2 rings (SSSR count). The van der Waals surface area contributed by atoms with Crippen LogP contribution >= 0.6 is 0 Å². The molecular weight excluding hydrogens is 372 g/mol. The maximum Gasteiger partial charge on any atom is 0.222 e. The molecule has 2 aliphatic rings. The highest BCUT2D eigenvalue weighted by atomic mass is 16.1. The van der Waals surface area contributed by atoms with Gasteiger partial charge in [0.15, 0.2) is 0 Å². The Labute approximate surface area is 186 Å². The van der Waals surface area contributed by atoms with Crippen molar-refractivity contribution in [1.29, 1.82) is 0 Å². The van der Waals surface area contributed by atoms with Crippen molar-refractivity contribution in [2.45, 2.75) is 104 Å². The van der Waals surface area contributed by atoms with E-state index in [2.05, 4.69) is 36.7 Å². The minimum absolute atomic E-state index is 0.122. The van der Waals surface area contributed by atoms with Crippen LogP contribution in [0.2, 0.25) is 0 Å². The Kier molecular flexibility index (Phi) is 11.7. The summed E-state index contributed by atoms with van der Waals surface area (Å²) >= 11 is 0. The first-order valence-electron chi connectivity index (χ1n) is 12.9. The summed E-state index contributed by atoms with van der Waals surface area (Å²) in [6, 6.07) is 0.337. The molecule has 176 valence electrons. The van der Waals surface area contributed by atoms with E-state index in [1.54, 1.807) is 7.05 Å². The molecule has 2 fully saturated rings. The van der Waals surface area contributed by atoms with E-state index in [1.165, 1.54) is 44.9 Å². The number of rotatable bonds is 8. The standard InChI is InChI=1S/C25H50N4O/c1-18-9-7-10-21(14-13-18)23(12-5-6-15-26)20(3)24-28-16-8-11-22(25(30)27-4)17-19(2)29-24/h18-24,28-29H,5-17,26H2,1-4H3,(H,27,30). The Bertz CT molecular complexity index is 486. The van der Waals surface area contributed by atoms with Crippen molar-refractivity contribution in [2.75, 3.05) is 20.1 Å². The fourth-order valence-corrected chi connectivity index (χ4v) is 6.01. The quantitative estimate of drug-likeness (QED) is 0.352. The molecule has 0 aromatic rings. The van der Waals surface area contributed by atoms with Gasteiger partial charge < -0.3 is 16.4 Å². The van der Waals surface area contributed by atoms with Crippen LogP contribution < -0.4 is 21.7 Å². The topological polar surface area (TPSA) is 79.2 Å². The minimum atomic E-state index is 0.122. The van der Waals surface area contributed by atoms with Gasteiger partial charge in [0.25, 0.3) is 0 Å². The minimum Gasteiger partial charge on any atom is -0.359 e. The Morgan fingerprint density at radius 3 is 2.63 bits per heavy atom. The molecule has 0 bridgehead atoms. The van der Waals surface area contributed by atoms with Crippen LogP contribution in [0.1, 0.15) is 91.4 Å². The van der Waals surface area contributed by atoms with Crippen molar-refractivity contribution in [3.05, 3.63) is 0 Å². The highest BCUT2D eigenvalue weighted by molar-refractivity contribution is 5.78. The van der Waals surface area contributed by atoms with Crippen LogP contribution in [0.5, 0.6) is 0 Å². The average Bonchev–Trinajstić information content (AvgIpc) is 2.89. The Morgan fingerprint density at radius 2 is 1.90 bits per heavy atom. The van der Waals surface area contributed by atoms with Crippen LogP contribution in [-0.4, -0.2) is 38.3 Å². The summed E-state index contributed by atoms with van der Waals surface area (Å²) in [5, 5.41) is 10.6. The number of nitrogens with one attached hydrogen (secondary N) is 3. The van der Waals surface area contributed by atoms with Gasteiger partial charge in [-0.3, -0.25) is 10.1 Å². The summed E-state index contributed by atoms with van der Waals surface area (Å²) in [5.41, 5.74) is 5.82. The van der Waals surface area contributed by atoms with Crippen LogP contribution in [0.15, 0.2) is 0 Å². The van der Waals surface area contributed by atoms with Gasteiger partial charge in [-0.25, -0.2) is 0 Å². The summed E-state index contributed by atoms with van der Waals surface area (Å²) in [5.74, 6) is 3.37. The fraction of sp³-hybridized carbons (Fsp3) is 0.960. The highest BCUT2D eigenvalue weighted by Crippen LogP contribution is 2.38. The van der Waals surface area contributed by atoms with Gasteiger partial charge >= 0.3 is 0 Å². The maximum absolute atomic E-state index is 12.3. The van der Waals surface area contributed by atoms with Crippen molar-refractivity contribution < 1.29 is 4.79 Å². The molecule has 1 aliphatic carbocycles. The first kappa shape index (κ1) is 25.6. The summed E-state index contributed by atoms with van der Waals surface area (Å²) in [6.45, 7) is 8.94. The second-order valence-corrected chi connectivity index (χ2v) is 10.4. The monoisotopic (exact) mass is 422 g/mol. The van der Waals surface area contributed by atoms with E-state index in [-0.39, 0.29) is 11.8 Å². The Balaban J connectivity index is 2.07. The SMILES string of the molecule is CNC(=O)C1CCCNC(C(C)C(CCCCN)C2CCCC(C)CC2)NC(C)C1. The van der Waals surface area contributed by atoms with Gasteiger partial charge in [0.1, 0.15) is 0 Å². The van der Waals surface area contributed by atoms with Gasteiger partial charge in [-0.2, -0.15) is 0 Å². The highest BCUT2D eigenvalue weighted by Gasteiger charge is 2.34. The van der Waals surface area contributed by atoms with E-state index in [0.717, 1.165) is 56.5 Å². The predicted octanol–water partition coefficient (Wildman–Crippen LogP) is 4.02. The normalized spacial score (nSPS) is 33.4. The largest absolute Gasteiger partial charge is 0.359 e. The lowest BCUT2D eigenvalue weighted by Gasteiger charge is -2.38. The number of unbranched alkanes of at least 4 members (excludes halogenated alkanes) is 1. The second-order valence-electron chi connectivity index (χ2n) is 10.4. The van der Waals surface area contributed by atoms with E-state index in [0.29, 0.717) is 18.1 Å². The molecule has 5 heteroatoms. The molecule has 0 spiro atoms. The van der Waals surface area contributed by atoms with Crippen LogP contribution in [0.25, 0.3) is 0 Å². The third-order valence-corrected chi connectivity index (χ3v) is 7.91. The van der Waals surface area contributed by atoms with E-state index >= 15 is 0 Å². The number of nitrogens with two attached hydrogens (primary N) is 1. The molecular formula is C25H50N4O. The predicted molar refractivity (Wildman–Crippen MR) is 127 cm³/mol. The number of amides is 1. The average molecular weight is 423 g/mol. The summed E-state index contributed by atoms with van der Waals surface area (Å²) < 4.78 is 0. The van der Waals surface area contributed by atoms with Gasteiger partial charge in [0.2, 0.25) is 5.91 Å². The third-order valence-electron chi connectivity index (χ3n) is 7.91. The number of carbonyl (C=O) groups excluding carboxylic acids is 1. The smallest absolute Gasteiger partial charge is 0.222 e. The Morgan fingerprint density at radius 1 is 1.10 bits per heavy atom. The molecule has 7 unspecified atom stereocenters. The molecule has 0 radical (unpaired) electrons. The summed E-state index contributed by atoms with van der Waals surface area (Å²) in [6.07, 6.45) is 13.9. The second kappa shape index (κ2) is 13.7. The van der Waals surface area contributed by atoms with Crippen molar-refractivity contribution in [1.82, 2.24) is 16.0 Å². The van der Waals surface area contributed by atoms with Crippen molar-refractivity contribution in [3.8, 4) is 0 Å². The van der Waals surface area contributed by atoms with Gasteiger partial charge in [0, 0.05) is 19.0 Å². The van der Waals surface area contributed by atoms with Crippen LogP contribution in [0.4, 0.5) is 0 Å². The van der Waals surface area contributed by atoms with Gasteiger partial charge in [0.05, 0.1) is 6.17 Å². The Hall–Kier alpha value is -0.650. The lowest BCUT2D eigenvalue weighted by Crippen LogP contribution is -2.53. The fourth-order valence-electron chi connectivity index (χ4n) is 6.01. The summed E-state index contributed by atoms with van der Waals surface area (Å²) in [4.78, 5) is 12.3. The van der Waals surface area contributed by atoms with E-state index in [4.69, 9.17) is 5.73 Å². The number of hydrogen-bond acceptors (Lipinski definition) is 4. The molecule has 1 saturated carbocycles. The third kappa shape index (κ3) is 8.12. The van der Waals surface area contributed by atoms with Crippen molar-refractivity contribution in [2.24, 2.45) is 35.3 Å². The van der Waals surface area contributed by atoms with Gasteiger partial charge in [-0.15, -0.1) is 0 Å². The first-order valence-corrected chi connectivity index (χ1v) is 12.9. The summed E-state index contributed by atoms with van der Waals surface area (Å²) in [7, 11) is 1.76. The maximum atomic E-state index is 12.3. The molecule has 30 heavy (non-hydrogen) atoms. The molecule has 1 amide bonds. The number of hydrogen-bond donors (Lipinski definition) is 4. The van der Waals surface area contributed by atoms with Gasteiger partial charge in [-0.05, 0) is 82.2 Å². The molecule has 7 atom stereocenters. The van der Waals surface area contributed by atoms with Crippen molar-refractivity contribution in [3.63, 3.8) is 0 Å². The lowest BCUT2D eigenvalue weighted by molar-refractivity contribution is -0.125.